The molecule has 0 amide bonds. The molecule has 3 heterocycles. The Balaban J connectivity index is 1.17. The Kier molecular flexibility index (Phi) is 6.76. The highest BCUT2D eigenvalue weighted by Crippen LogP contribution is 2.20. The van der Waals surface area contributed by atoms with E-state index in [2.05, 4.69) is 45.4 Å². The standard InChI is InChI=1S/C23H21FN9O2P/c24-16-1-3-17(4-2-16)29-19-13-25-22(26-14-19)32-9-11-33(12-10-32)23-28-15-27-21(31-23)30-18-5-7-20(8-6-18)36(34)35/h1-8,13-15,29H,9-12H2,(H,27,28,30,31). The van der Waals surface area contributed by atoms with E-state index in [-0.39, 0.29) is 11.1 Å². The molecule has 1 aliphatic rings. The topological polar surface area (TPSA) is 129 Å². The molecule has 1 saturated heterocycles. The minimum absolute atomic E-state index is 0.243. The molecule has 0 unspecified atom stereocenters. The van der Waals surface area contributed by atoms with Crippen LogP contribution < -0.4 is 25.7 Å². The summed E-state index contributed by atoms with van der Waals surface area (Å²) in [5.41, 5.74) is 2.14. The number of halogens is 1. The summed E-state index contributed by atoms with van der Waals surface area (Å²) in [5.74, 6) is 1.25. The monoisotopic (exact) mass is 505 g/mol. The first kappa shape index (κ1) is 23.3. The maximum Gasteiger partial charge on any atom is 0.348 e. The van der Waals surface area contributed by atoms with E-state index in [0.29, 0.717) is 55.4 Å². The molecule has 36 heavy (non-hydrogen) atoms. The van der Waals surface area contributed by atoms with Gasteiger partial charge in [0.25, 0.3) is 0 Å². The first-order valence-electron chi connectivity index (χ1n) is 11.1. The molecule has 11 nitrogen and oxygen atoms in total. The minimum atomic E-state index is -2.62. The van der Waals surface area contributed by atoms with E-state index >= 15 is 0 Å². The Labute approximate surface area is 206 Å². The van der Waals surface area contributed by atoms with E-state index in [0.717, 1.165) is 5.69 Å². The maximum atomic E-state index is 13.1. The van der Waals surface area contributed by atoms with Gasteiger partial charge in [0.05, 0.1) is 23.4 Å². The average Bonchev–Trinajstić information content (AvgIpc) is 2.91. The summed E-state index contributed by atoms with van der Waals surface area (Å²) in [6, 6.07) is 12.4. The van der Waals surface area contributed by atoms with Gasteiger partial charge in [0.2, 0.25) is 17.8 Å². The van der Waals surface area contributed by atoms with E-state index in [4.69, 9.17) is 0 Å². The second-order valence-electron chi connectivity index (χ2n) is 7.92. The van der Waals surface area contributed by atoms with Crippen LogP contribution in [0.1, 0.15) is 0 Å². The first-order chi connectivity index (χ1) is 17.5. The fourth-order valence-corrected chi connectivity index (χ4v) is 4.04. The van der Waals surface area contributed by atoms with E-state index < -0.39 is 7.68 Å². The van der Waals surface area contributed by atoms with Crippen molar-refractivity contribution in [2.24, 2.45) is 0 Å². The minimum Gasteiger partial charge on any atom is -0.353 e. The van der Waals surface area contributed by atoms with Crippen LogP contribution in [0, 0.1) is 5.82 Å². The summed E-state index contributed by atoms with van der Waals surface area (Å²) in [6.45, 7) is 2.73. The zero-order valence-electron chi connectivity index (χ0n) is 19.0. The molecule has 5 rings (SSSR count). The van der Waals surface area contributed by atoms with Crippen LogP contribution in [0.15, 0.2) is 67.3 Å². The quantitative estimate of drug-likeness (QED) is 0.359. The Bertz CT molecular complexity index is 1380. The van der Waals surface area contributed by atoms with Crippen LogP contribution >= 0.6 is 7.68 Å². The number of anilines is 6. The van der Waals surface area contributed by atoms with Crippen LogP contribution in [0.4, 0.5) is 39.3 Å². The van der Waals surface area contributed by atoms with Gasteiger partial charge >= 0.3 is 7.68 Å². The predicted octanol–water partition coefficient (Wildman–Crippen LogP) is 3.41. The molecule has 1 fully saturated rings. The lowest BCUT2D eigenvalue weighted by Crippen LogP contribution is -2.47. The molecule has 0 radical (unpaired) electrons. The van der Waals surface area contributed by atoms with Gasteiger partial charge in [-0.3, -0.25) is 0 Å². The van der Waals surface area contributed by atoms with Crippen molar-refractivity contribution in [3.05, 3.63) is 73.1 Å². The lowest BCUT2D eigenvalue weighted by molar-refractivity contribution is 0.523. The molecular formula is C23H21FN9O2P. The largest absolute Gasteiger partial charge is 0.353 e. The van der Waals surface area contributed by atoms with Crippen LogP contribution in [0.25, 0.3) is 0 Å². The van der Waals surface area contributed by atoms with Crippen molar-refractivity contribution >= 4 is 47.9 Å². The van der Waals surface area contributed by atoms with Crippen LogP contribution in [-0.2, 0) is 9.13 Å². The van der Waals surface area contributed by atoms with Gasteiger partial charge in [-0.2, -0.15) is 4.98 Å². The number of piperazine rings is 1. The van der Waals surface area contributed by atoms with E-state index in [1.54, 1.807) is 36.7 Å². The summed E-state index contributed by atoms with van der Waals surface area (Å²) in [7, 11) is -2.62. The smallest absolute Gasteiger partial charge is 0.348 e. The van der Waals surface area contributed by atoms with Crippen molar-refractivity contribution in [3.63, 3.8) is 0 Å². The van der Waals surface area contributed by atoms with Crippen LogP contribution in [0.2, 0.25) is 0 Å². The molecule has 0 saturated carbocycles. The third kappa shape index (κ3) is 5.61. The molecule has 13 heteroatoms. The number of nitrogens with one attached hydrogen (secondary N) is 2. The second-order valence-corrected chi connectivity index (χ2v) is 8.95. The zero-order valence-corrected chi connectivity index (χ0v) is 19.8. The van der Waals surface area contributed by atoms with Gasteiger partial charge in [0.1, 0.15) is 12.1 Å². The SMILES string of the molecule is O=P(=O)c1ccc(Nc2ncnc(N3CCN(c4ncc(Nc5ccc(F)cc5)cn4)CC3)n2)cc1. The summed E-state index contributed by atoms with van der Waals surface area (Å²) in [6.07, 6.45) is 4.84. The molecule has 0 aliphatic carbocycles. The molecule has 1 aliphatic heterocycles. The van der Waals surface area contributed by atoms with Crippen molar-refractivity contribution in [1.29, 1.82) is 0 Å². The number of aromatic nitrogens is 5. The Morgan fingerprint density at radius 2 is 1.28 bits per heavy atom. The lowest BCUT2D eigenvalue weighted by Gasteiger charge is -2.34. The van der Waals surface area contributed by atoms with Crippen LogP contribution in [0.5, 0.6) is 0 Å². The van der Waals surface area contributed by atoms with Crippen molar-refractivity contribution in [1.82, 2.24) is 24.9 Å². The Hall–Kier alpha value is -4.44. The highest BCUT2D eigenvalue weighted by atomic mass is 31.1. The lowest BCUT2D eigenvalue weighted by atomic mass is 10.3. The molecule has 0 spiro atoms. The van der Waals surface area contributed by atoms with Crippen LogP contribution in [-0.4, -0.2) is 51.1 Å². The van der Waals surface area contributed by atoms with Gasteiger partial charge in [-0.15, -0.1) is 0 Å². The third-order valence-electron chi connectivity index (χ3n) is 5.51. The van der Waals surface area contributed by atoms with Gasteiger partial charge in [-0.05, 0) is 48.5 Å². The molecule has 0 atom stereocenters. The number of hydrogen-bond acceptors (Lipinski definition) is 11. The molecule has 4 aromatic rings. The first-order valence-corrected chi connectivity index (χ1v) is 12.3. The van der Waals surface area contributed by atoms with Crippen molar-refractivity contribution < 1.29 is 13.5 Å². The fraction of sp³-hybridized carbons (Fsp3) is 0.174. The predicted molar refractivity (Wildman–Crippen MR) is 134 cm³/mol. The van der Waals surface area contributed by atoms with Crippen molar-refractivity contribution in [2.45, 2.75) is 0 Å². The highest BCUT2D eigenvalue weighted by Gasteiger charge is 2.21. The molecule has 2 aromatic carbocycles. The number of nitrogens with zero attached hydrogens (tertiary/aromatic N) is 7. The summed E-state index contributed by atoms with van der Waals surface area (Å²) < 4.78 is 35.2. The summed E-state index contributed by atoms with van der Waals surface area (Å²) >= 11 is 0. The molecular weight excluding hydrogens is 484 g/mol. The zero-order chi connectivity index (χ0) is 24.9. The number of benzene rings is 2. The molecule has 2 N–H and O–H groups in total. The number of rotatable bonds is 7. The van der Waals surface area contributed by atoms with Gasteiger partial charge < -0.3 is 20.4 Å². The Morgan fingerprint density at radius 1 is 0.694 bits per heavy atom. The second kappa shape index (κ2) is 10.4. The number of hydrogen-bond donors (Lipinski definition) is 2. The van der Waals surface area contributed by atoms with Gasteiger partial charge in [0, 0.05) is 37.6 Å². The van der Waals surface area contributed by atoms with Crippen molar-refractivity contribution in [3.8, 4) is 0 Å². The highest BCUT2D eigenvalue weighted by molar-refractivity contribution is 7.40. The van der Waals surface area contributed by atoms with Gasteiger partial charge in [0.15, 0.2) is 0 Å². The molecule has 0 bridgehead atoms. The summed E-state index contributed by atoms with van der Waals surface area (Å²) in [5, 5.41) is 6.46. The molecule has 2 aromatic heterocycles. The van der Waals surface area contributed by atoms with E-state index in [1.165, 1.54) is 30.6 Å². The van der Waals surface area contributed by atoms with Gasteiger partial charge in [-0.1, -0.05) is 0 Å². The third-order valence-corrected chi connectivity index (χ3v) is 6.23. The maximum absolute atomic E-state index is 13.1. The van der Waals surface area contributed by atoms with Gasteiger partial charge in [-0.25, -0.2) is 33.5 Å². The average molecular weight is 505 g/mol. The Morgan fingerprint density at radius 3 is 1.92 bits per heavy atom. The van der Waals surface area contributed by atoms with Crippen molar-refractivity contribution in [2.75, 3.05) is 46.6 Å². The van der Waals surface area contributed by atoms with E-state index in [1.807, 2.05) is 0 Å². The van der Waals surface area contributed by atoms with Crippen LogP contribution in [0.3, 0.4) is 0 Å². The normalized spacial score (nSPS) is 13.4. The summed E-state index contributed by atoms with van der Waals surface area (Å²) in [4.78, 5) is 26.0. The fourth-order valence-electron chi connectivity index (χ4n) is 3.65. The molecule has 182 valence electrons. The van der Waals surface area contributed by atoms with E-state index in [9.17, 15) is 13.5 Å².